The van der Waals surface area contributed by atoms with Crippen LogP contribution in [0.2, 0.25) is 0 Å². The van der Waals surface area contributed by atoms with Gasteiger partial charge in [0, 0.05) is 46.4 Å². The van der Waals surface area contributed by atoms with Gasteiger partial charge in [0.05, 0.1) is 35.9 Å². The van der Waals surface area contributed by atoms with E-state index in [-0.39, 0.29) is 18.7 Å². The molecular weight excluding hydrogens is 506 g/mol. The normalized spacial score (nSPS) is 14.3. The van der Waals surface area contributed by atoms with Crippen LogP contribution in [0.3, 0.4) is 0 Å². The van der Waals surface area contributed by atoms with Crippen LogP contribution in [0.5, 0.6) is 5.75 Å². The van der Waals surface area contributed by atoms with Crippen molar-refractivity contribution in [2.24, 2.45) is 0 Å². The summed E-state index contributed by atoms with van der Waals surface area (Å²) < 4.78 is 13.6. The molecule has 0 radical (unpaired) electrons. The van der Waals surface area contributed by atoms with Gasteiger partial charge in [0.25, 0.3) is 11.8 Å². The van der Waals surface area contributed by atoms with Gasteiger partial charge < -0.3 is 24.1 Å². The number of para-hydroxylation sites is 1. The van der Waals surface area contributed by atoms with Crippen molar-refractivity contribution in [1.29, 1.82) is 0 Å². The Morgan fingerprint density at radius 1 is 0.900 bits per heavy atom. The van der Waals surface area contributed by atoms with Crippen molar-refractivity contribution in [3.8, 4) is 5.75 Å². The number of nitrogens with one attached hydrogen (secondary N) is 2. The summed E-state index contributed by atoms with van der Waals surface area (Å²) in [6, 6.07) is 23.1. The first kappa shape index (κ1) is 25.6. The molecule has 6 rings (SSSR count). The number of amides is 2. The van der Waals surface area contributed by atoms with Crippen LogP contribution in [-0.4, -0.2) is 45.8 Å². The monoisotopic (exact) mass is 535 g/mol. The molecule has 40 heavy (non-hydrogen) atoms. The van der Waals surface area contributed by atoms with E-state index in [0.29, 0.717) is 41.0 Å². The lowest BCUT2D eigenvalue weighted by Crippen LogP contribution is -2.22. The van der Waals surface area contributed by atoms with E-state index < -0.39 is 17.9 Å². The van der Waals surface area contributed by atoms with E-state index in [4.69, 9.17) is 9.47 Å². The number of imide groups is 1. The Bertz CT molecular complexity index is 1750. The van der Waals surface area contributed by atoms with Gasteiger partial charge in [0.1, 0.15) is 12.4 Å². The minimum atomic E-state index is -0.765. The Hall–Kier alpha value is -4.66. The van der Waals surface area contributed by atoms with E-state index in [1.807, 2.05) is 90.5 Å². The lowest BCUT2D eigenvalue weighted by Gasteiger charge is -2.13. The lowest BCUT2D eigenvalue weighted by molar-refractivity contribution is -0.122. The molecular formula is C32H29N3O5. The first-order valence-corrected chi connectivity index (χ1v) is 13.3. The van der Waals surface area contributed by atoms with Crippen molar-refractivity contribution in [2.45, 2.75) is 26.2 Å². The minimum absolute atomic E-state index is 0.179. The number of fused-ring (bicyclic) bond motifs is 2. The Labute approximate surface area is 230 Å². The molecule has 5 aromatic rings. The predicted octanol–water partition coefficient (Wildman–Crippen LogP) is 4.67. The predicted molar refractivity (Wildman–Crippen MR) is 153 cm³/mol. The van der Waals surface area contributed by atoms with Gasteiger partial charge in [-0.1, -0.05) is 54.6 Å². The van der Waals surface area contributed by atoms with Crippen LogP contribution in [-0.2, 0) is 27.5 Å². The number of carbonyl (C=O) groups excluding carboxylic acids is 2. The molecule has 0 bridgehead atoms. The summed E-state index contributed by atoms with van der Waals surface area (Å²) in [5, 5.41) is 14.7. The fraction of sp³-hybridized carbons (Fsp3) is 0.188. The number of ether oxygens (including phenoxy) is 2. The SMILES string of the molecule is CCOCC(O)Cn1cc(C2=C(c3c[nH]c4ccccc34)C(=O)NC2=O)c2c(OCc3ccccc3)cccc21. The molecule has 0 fully saturated rings. The van der Waals surface area contributed by atoms with Crippen molar-refractivity contribution < 1.29 is 24.2 Å². The van der Waals surface area contributed by atoms with Crippen LogP contribution in [0, 0.1) is 0 Å². The van der Waals surface area contributed by atoms with Crippen molar-refractivity contribution in [3.05, 3.63) is 102 Å². The standard InChI is InChI=1S/C32H29N3O5/c1-2-39-19-21(36)16-35-17-24(28-26(35)13-8-14-27(28)40-18-20-9-4-3-5-10-20)30-29(31(37)34-32(30)38)23-15-33-25-12-7-6-11-22(23)25/h3-15,17,21,33,36H,2,16,18-19H2,1H3,(H,34,37,38). The summed E-state index contributed by atoms with van der Waals surface area (Å²) in [6.07, 6.45) is 2.81. The van der Waals surface area contributed by atoms with Gasteiger partial charge in [-0.05, 0) is 30.7 Å². The average molecular weight is 536 g/mol. The van der Waals surface area contributed by atoms with E-state index in [2.05, 4.69) is 10.3 Å². The Kier molecular flexibility index (Phi) is 6.94. The van der Waals surface area contributed by atoms with E-state index in [1.165, 1.54) is 0 Å². The van der Waals surface area contributed by atoms with Crippen molar-refractivity contribution >= 4 is 44.8 Å². The lowest BCUT2D eigenvalue weighted by atomic mass is 9.95. The zero-order valence-corrected chi connectivity index (χ0v) is 22.0. The molecule has 3 aromatic carbocycles. The highest BCUT2D eigenvalue weighted by Crippen LogP contribution is 2.41. The summed E-state index contributed by atoms with van der Waals surface area (Å²) in [7, 11) is 0. The molecule has 8 nitrogen and oxygen atoms in total. The average Bonchev–Trinajstić information content (AvgIpc) is 3.64. The van der Waals surface area contributed by atoms with Gasteiger partial charge in [-0.15, -0.1) is 0 Å². The molecule has 3 N–H and O–H groups in total. The Morgan fingerprint density at radius 2 is 1.65 bits per heavy atom. The highest BCUT2D eigenvalue weighted by atomic mass is 16.5. The molecule has 2 aromatic heterocycles. The maximum Gasteiger partial charge on any atom is 0.259 e. The van der Waals surface area contributed by atoms with Crippen LogP contribution in [0.4, 0.5) is 0 Å². The van der Waals surface area contributed by atoms with Crippen LogP contribution in [0.15, 0.2) is 85.2 Å². The highest BCUT2D eigenvalue weighted by Gasteiger charge is 2.35. The summed E-state index contributed by atoms with van der Waals surface area (Å²) in [6.45, 7) is 3.12. The zero-order valence-electron chi connectivity index (χ0n) is 22.0. The smallest absolute Gasteiger partial charge is 0.259 e. The van der Waals surface area contributed by atoms with Crippen molar-refractivity contribution in [3.63, 3.8) is 0 Å². The number of aromatic nitrogens is 2. The van der Waals surface area contributed by atoms with Crippen LogP contribution < -0.4 is 10.1 Å². The first-order chi connectivity index (χ1) is 19.5. The number of carbonyl (C=O) groups is 2. The molecule has 0 saturated heterocycles. The molecule has 1 atom stereocenters. The highest BCUT2D eigenvalue weighted by molar-refractivity contribution is 6.51. The molecule has 1 aliphatic heterocycles. The quantitative estimate of drug-likeness (QED) is 0.226. The Morgan fingerprint density at radius 3 is 2.45 bits per heavy atom. The second kappa shape index (κ2) is 10.8. The first-order valence-electron chi connectivity index (χ1n) is 13.3. The summed E-state index contributed by atoms with van der Waals surface area (Å²) in [5.41, 5.74) is 4.42. The third kappa shape index (κ3) is 4.68. The van der Waals surface area contributed by atoms with Crippen LogP contribution >= 0.6 is 0 Å². The molecule has 1 unspecified atom stereocenters. The molecule has 0 saturated carbocycles. The zero-order chi connectivity index (χ0) is 27.6. The molecule has 202 valence electrons. The minimum Gasteiger partial charge on any atom is -0.488 e. The molecule has 2 amide bonds. The molecule has 0 spiro atoms. The van der Waals surface area contributed by atoms with Crippen molar-refractivity contribution in [2.75, 3.05) is 13.2 Å². The summed E-state index contributed by atoms with van der Waals surface area (Å²) in [5.74, 6) is -0.353. The number of rotatable bonds is 10. The number of hydrogen-bond acceptors (Lipinski definition) is 5. The van der Waals surface area contributed by atoms with Gasteiger partial charge >= 0.3 is 0 Å². The van der Waals surface area contributed by atoms with Gasteiger partial charge in [0.2, 0.25) is 0 Å². The number of aliphatic hydroxyl groups excluding tert-OH is 1. The maximum atomic E-state index is 13.4. The summed E-state index contributed by atoms with van der Waals surface area (Å²) >= 11 is 0. The number of benzene rings is 3. The molecule has 0 aliphatic carbocycles. The fourth-order valence-electron chi connectivity index (χ4n) is 5.30. The number of aliphatic hydroxyl groups is 1. The number of aromatic amines is 1. The molecule has 1 aliphatic rings. The third-order valence-electron chi connectivity index (χ3n) is 7.09. The Balaban J connectivity index is 1.54. The van der Waals surface area contributed by atoms with Crippen molar-refractivity contribution in [1.82, 2.24) is 14.9 Å². The van der Waals surface area contributed by atoms with Gasteiger partial charge in [-0.25, -0.2) is 0 Å². The van der Waals surface area contributed by atoms with Gasteiger partial charge in [0.15, 0.2) is 0 Å². The van der Waals surface area contributed by atoms with Crippen LogP contribution in [0.25, 0.3) is 33.0 Å². The van der Waals surface area contributed by atoms with Crippen LogP contribution in [0.1, 0.15) is 23.6 Å². The van der Waals surface area contributed by atoms with E-state index >= 15 is 0 Å². The van der Waals surface area contributed by atoms with E-state index in [9.17, 15) is 14.7 Å². The van der Waals surface area contributed by atoms with E-state index in [0.717, 1.165) is 22.0 Å². The van der Waals surface area contributed by atoms with Gasteiger partial charge in [-0.2, -0.15) is 0 Å². The largest absolute Gasteiger partial charge is 0.488 e. The van der Waals surface area contributed by atoms with E-state index in [1.54, 1.807) is 6.20 Å². The second-order valence-electron chi connectivity index (χ2n) is 9.71. The third-order valence-corrected chi connectivity index (χ3v) is 7.09. The topological polar surface area (TPSA) is 106 Å². The van der Waals surface area contributed by atoms with Gasteiger partial charge in [-0.3, -0.25) is 14.9 Å². The second-order valence-corrected chi connectivity index (χ2v) is 9.71. The molecule has 3 heterocycles. The fourth-order valence-corrected chi connectivity index (χ4v) is 5.30. The maximum absolute atomic E-state index is 13.4. The molecule has 8 heteroatoms. The number of hydrogen-bond donors (Lipinski definition) is 3. The number of H-pyrrole nitrogens is 1. The number of nitrogens with zero attached hydrogens (tertiary/aromatic N) is 1. The summed E-state index contributed by atoms with van der Waals surface area (Å²) in [4.78, 5) is 29.9.